The summed E-state index contributed by atoms with van der Waals surface area (Å²) in [6.07, 6.45) is 1.76. The minimum absolute atomic E-state index is 0.00785. The van der Waals surface area contributed by atoms with Gasteiger partial charge in [-0.1, -0.05) is 12.1 Å². The number of phenolic OH excluding ortho intramolecular Hbond substituents is 1. The third-order valence-corrected chi connectivity index (χ3v) is 3.23. The van der Waals surface area contributed by atoms with Crippen LogP contribution < -0.4 is 5.56 Å². The Balaban J connectivity index is 2.82. The Morgan fingerprint density at radius 3 is 2.60 bits per heavy atom. The summed E-state index contributed by atoms with van der Waals surface area (Å²) in [5.74, 6) is 0.110. The van der Waals surface area contributed by atoms with Gasteiger partial charge in [-0.05, 0) is 44.0 Å². The molecule has 4 nitrogen and oxygen atoms in total. The van der Waals surface area contributed by atoms with Gasteiger partial charge in [0.05, 0.1) is 0 Å². The molecule has 0 aliphatic rings. The lowest BCUT2D eigenvalue weighted by molar-refractivity contribution is 0.475. The zero-order valence-electron chi connectivity index (χ0n) is 11.7. The second-order valence-electron chi connectivity index (χ2n) is 5.03. The van der Waals surface area contributed by atoms with Crippen molar-refractivity contribution in [2.75, 3.05) is 0 Å². The first-order valence-electron chi connectivity index (χ1n) is 6.41. The van der Waals surface area contributed by atoms with Crippen LogP contribution in [0.4, 0.5) is 0 Å². The number of pyridine rings is 1. The topological polar surface area (TPSA) is 66.0 Å². The fourth-order valence-electron chi connectivity index (χ4n) is 2.29. The van der Waals surface area contributed by atoms with Gasteiger partial charge in [0.25, 0.3) is 5.56 Å². The number of hydrogen-bond donors (Lipinski definition) is 1. The van der Waals surface area contributed by atoms with Crippen LogP contribution in [0.15, 0.2) is 35.3 Å². The molecule has 0 amide bonds. The fourth-order valence-corrected chi connectivity index (χ4v) is 2.29. The monoisotopic (exact) mass is 268 g/mol. The second kappa shape index (κ2) is 5.22. The summed E-state index contributed by atoms with van der Waals surface area (Å²) in [4.78, 5) is 12.4. The van der Waals surface area contributed by atoms with Gasteiger partial charge in [-0.25, -0.2) is 0 Å². The van der Waals surface area contributed by atoms with E-state index >= 15 is 0 Å². The van der Waals surface area contributed by atoms with E-state index in [2.05, 4.69) is 0 Å². The molecule has 102 valence electrons. The first kappa shape index (κ1) is 13.9. The average molecular weight is 268 g/mol. The minimum atomic E-state index is -0.300. The second-order valence-corrected chi connectivity index (χ2v) is 5.03. The Morgan fingerprint density at radius 2 is 2.05 bits per heavy atom. The van der Waals surface area contributed by atoms with E-state index in [9.17, 15) is 15.2 Å². The number of aromatic hydroxyl groups is 1. The number of aryl methyl sites for hydroxylation is 1. The van der Waals surface area contributed by atoms with Crippen molar-refractivity contribution in [2.45, 2.75) is 26.8 Å². The predicted molar refractivity (Wildman–Crippen MR) is 77.6 cm³/mol. The van der Waals surface area contributed by atoms with Crippen LogP contribution in [-0.2, 0) is 0 Å². The fraction of sp³-hybridized carbons (Fsp3) is 0.250. The maximum atomic E-state index is 12.4. The van der Waals surface area contributed by atoms with E-state index in [1.807, 2.05) is 26.8 Å². The highest BCUT2D eigenvalue weighted by Gasteiger charge is 2.16. The van der Waals surface area contributed by atoms with E-state index in [1.54, 1.807) is 35.0 Å². The summed E-state index contributed by atoms with van der Waals surface area (Å²) in [6, 6.07) is 8.58. The van der Waals surface area contributed by atoms with Crippen molar-refractivity contribution >= 4 is 0 Å². The number of phenols is 1. The van der Waals surface area contributed by atoms with Crippen molar-refractivity contribution in [3.63, 3.8) is 0 Å². The van der Waals surface area contributed by atoms with Gasteiger partial charge in [-0.2, -0.15) is 5.26 Å². The highest BCUT2D eigenvalue weighted by Crippen LogP contribution is 2.28. The van der Waals surface area contributed by atoms with Crippen molar-refractivity contribution in [1.29, 1.82) is 5.26 Å². The zero-order valence-corrected chi connectivity index (χ0v) is 11.7. The van der Waals surface area contributed by atoms with Crippen LogP contribution in [0.3, 0.4) is 0 Å². The van der Waals surface area contributed by atoms with Crippen molar-refractivity contribution in [1.82, 2.24) is 4.57 Å². The Bertz CT molecular complexity index is 752. The average Bonchev–Trinajstić information content (AvgIpc) is 2.40. The van der Waals surface area contributed by atoms with Gasteiger partial charge in [0.15, 0.2) is 0 Å². The van der Waals surface area contributed by atoms with Crippen LogP contribution in [0.5, 0.6) is 5.75 Å². The van der Waals surface area contributed by atoms with Crippen LogP contribution in [0.2, 0.25) is 0 Å². The third kappa shape index (κ3) is 2.30. The SMILES string of the molecule is Cc1cn(C(C)C)c(=O)c(C#N)c1-c1cccc(O)c1. The molecule has 1 aromatic carbocycles. The summed E-state index contributed by atoms with van der Waals surface area (Å²) in [7, 11) is 0. The van der Waals surface area contributed by atoms with E-state index in [4.69, 9.17) is 0 Å². The quantitative estimate of drug-likeness (QED) is 0.910. The summed E-state index contributed by atoms with van der Waals surface area (Å²) >= 11 is 0. The van der Waals surface area contributed by atoms with Crippen molar-refractivity contribution in [3.05, 3.63) is 51.9 Å². The van der Waals surface area contributed by atoms with Crippen molar-refractivity contribution in [3.8, 4) is 22.9 Å². The molecule has 1 aromatic heterocycles. The molecular formula is C16H16N2O2. The van der Waals surface area contributed by atoms with E-state index in [0.29, 0.717) is 11.1 Å². The largest absolute Gasteiger partial charge is 0.508 e. The number of benzene rings is 1. The Morgan fingerprint density at radius 1 is 1.35 bits per heavy atom. The number of nitrogens with zero attached hydrogens (tertiary/aromatic N) is 2. The molecule has 0 aliphatic heterocycles. The lowest BCUT2D eigenvalue weighted by atomic mass is 9.97. The molecule has 0 saturated heterocycles. The molecule has 2 rings (SSSR count). The summed E-state index contributed by atoms with van der Waals surface area (Å²) in [5, 5.41) is 18.9. The maximum absolute atomic E-state index is 12.4. The molecule has 0 unspecified atom stereocenters. The molecule has 0 saturated carbocycles. The number of nitriles is 1. The van der Waals surface area contributed by atoms with Crippen molar-refractivity contribution in [2.24, 2.45) is 0 Å². The smallest absolute Gasteiger partial charge is 0.269 e. The molecule has 0 radical (unpaired) electrons. The highest BCUT2D eigenvalue weighted by molar-refractivity contribution is 5.74. The molecule has 4 heteroatoms. The van der Waals surface area contributed by atoms with Gasteiger partial charge in [0.2, 0.25) is 0 Å². The molecule has 0 aliphatic carbocycles. The molecule has 0 atom stereocenters. The Kier molecular flexibility index (Phi) is 3.62. The van der Waals surface area contributed by atoms with Crippen LogP contribution >= 0.6 is 0 Å². The van der Waals surface area contributed by atoms with Gasteiger partial charge in [0, 0.05) is 17.8 Å². The van der Waals surface area contributed by atoms with E-state index in [0.717, 1.165) is 5.56 Å². The molecule has 2 aromatic rings. The van der Waals surface area contributed by atoms with Gasteiger partial charge in [-0.15, -0.1) is 0 Å². The Hall–Kier alpha value is -2.54. The first-order valence-corrected chi connectivity index (χ1v) is 6.41. The van der Waals surface area contributed by atoms with Crippen LogP contribution in [-0.4, -0.2) is 9.67 Å². The molecule has 0 bridgehead atoms. The molecule has 0 spiro atoms. The minimum Gasteiger partial charge on any atom is -0.508 e. The summed E-state index contributed by atoms with van der Waals surface area (Å²) in [6.45, 7) is 5.66. The van der Waals surface area contributed by atoms with Crippen LogP contribution in [0.1, 0.15) is 31.0 Å². The standard InChI is InChI=1S/C16H16N2O2/c1-10(2)18-9-11(3)15(14(8-17)16(18)20)12-5-4-6-13(19)7-12/h4-7,9-10,19H,1-3H3. The highest BCUT2D eigenvalue weighted by atomic mass is 16.3. The lowest BCUT2D eigenvalue weighted by Gasteiger charge is -2.15. The predicted octanol–water partition coefficient (Wildman–Crippen LogP) is 2.98. The van der Waals surface area contributed by atoms with Gasteiger partial charge in [0.1, 0.15) is 17.4 Å². The zero-order chi connectivity index (χ0) is 14.9. The van der Waals surface area contributed by atoms with Crippen LogP contribution in [0.25, 0.3) is 11.1 Å². The molecule has 1 heterocycles. The van der Waals surface area contributed by atoms with E-state index in [-0.39, 0.29) is 22.9 Å². The lowest BCUT2D eigenvalue weighted by Crippen LogP contribution is -2.25. The van der Waals surface area contributed by atoms with E-state index < -0.39 is 0 Å². The van der Waals surface area contributed by atoms with Crippen LogP contribution in [0, 0.1) is 18.3 Å². The molecule has 20 heavy (non-hydrogen) atoms. The molecule has 0 fully saturated rings. The van der Waals surface area contributed by atoms with Crippen molar-refractivity contribution < 1.29 is 5.11 Å². The van der Waals surface area contributed by atoms with E-state index in [1.165, 1.54) is 0 Å². The summed E-state index contributed by atoms with van der Waals surface area (Å²) in [5.41, 5.74) is 1.91. The number of aromatic nitrogens is 1. The van der Waals surface area contributed by atoms with Gasteiger partial charge >= 0.3 is 0 Å². The first-order chi connectivity index (χ1) is 9.45. The maximum Gasteiger partial charge on any atom is 0.269 e. The Labute approximate surface area is 117 Å². The number of hydrogen-bond acceptors (Lipinski definition) is 3. The molecular weight excluding hydrogens is 252 g/mol. The molecule has 1 N–H and O–H groups in total. The number of rotatable bonds is 2. The third-order valence-electron chi connectivity index (χ3n) is 3.23. The van der Waals surface area contributed by atoms with Gasteiger partial charge < -0.3 is 9.67 Å². The normalized spacial score (nSPS) is 10.6. The van der Waals surface area contributed by atoms with Gasteiger partial charge in [-0.3, -0.25) is 4.79 Å². The summed E-state index contributed by atoms with van der Waals surface area (Å²) < 4.78 is 1.56.